The van der Waals surface area contributed by atoms with E-state index in [1.807, 2.05) is 13.8 Å². The summed E-state index contributed by atoms with van der Waals surface area (Å²) in [7, 11) is 0. The molecule has 1 atom stereocenters. The highest BCUT2D eigenvalue weighted by molar-refractivity contribution is 6.39. The molecule has 9 heteroatoms. The lowest BCUT2D eigenvalue weighted by Gasteiger charge is -2.12. The van der Waals surface area contributed by atoms with Crippen molar-refractivity contribution in [2.45, 2.75) is 52.5 Å². The van der Waals surface area contributed by atoms with Gasteiger partial charge in [-0.3, -0.25) is 19.4 Å². The van der Waals surface area contributed by atoms with E-state index < -0.39 is 11.8 Å². The van der Waals surface area contributed by atoms with Crippen LogP contribution < -0.4 is 16.2 Å². The molecule has 3 rings (SSSR count). The Morgan fingerprint density at radius 3 is 2.85 bits per heavy atom. The Morgan fingerprint density at radius 2 is 2.12 bits per heavy atom. The highest BCUT2D eigenvalue weighted by atomic mass is 16.2. The first-order chi connectivity index (χ1) is 12.4. The highest BCUT2D eigenvalue weighted by Crippen LogP contribution is 2.19. The fourth-order valence-electron chi connectivity index (χ4n) is 2.84. The number of carbonyl (C=O) groups is 2. The minimum absolute atomic E-state index is 0.102. The Bertz CT molecular complexity index is 914. The van der Waals surface area contributed by atoms with Crippen LogP contribution in [0.3, 0.4) is 0 Å². The van der Waals surface area contributed by atoms with Crippen LogP contribution in [0.25, 0.3) is 5.95 Å². The molecular formula is C17H22N6O3. The number of rotatable bonds is 4. The smallest absolute Gasteiger partial charge is 0.314 e. The normalized spacial score (nSPS) is 14.0. The molecule has 0 saturated carbocycles. The van der Waals surface area contributed by atoms with Gasteiger partial charge >= 0.3 is 11.8 Å². The number of hydrogen-bond donors (Lipinski definition) is 3. The third-order valence-corrected chi connectivity index (χ3v) is 4.40. The van der Waals surface area contributed by atoms with E-state index in [4.69, 9.17) is 0 Å². The molecule has 2 aromatic rings. The van der Waals surface area contributed by atoms with E-state index >= 15 is 0 Å². The molecule has 3 N–H and O–H groups in total. The summed E-state index contributed by atoms with van der Waals surface area (Å²) in [6.07, 6.45) is 3.07. The minimum Gasteiger partial charge on any atom is -0.345 e. The van der Waals surface area contributed by atoms with Crippen LogP contribution >= 0.6 is 0 Å². The second-order valence-corrected chi connectivity index (χ2v) is 6.49. The van der Waals surface area contributed by atoms with Crippen LogP contribution in [0.1, 0.15) is 43.6 Å². The summed E-state index contributed by atoms with van der Waals surface area (Å²) in [5.74, 6) is -1.02. The summed E-state index contributed by atoms with van der Waals surface area (Å²) in [6.45, 7) is 5.48. The van der Waals surface area contributed by atoms with Gasteiger partial charge in [0.1, 0.15) is 5.82 Å². The molecule has 0 bridgehead atoms. The maximum atomic E-state index is 12.2. The SMILES string of the molecule is CC[C@@H](C)NC(=O)C(=O)Nc1cc(C)nn1-c1nc2c(c(=O)[nH]1)CCC2. The molecule has 26 heavy (non-hydrogen) atoms. The van der Waals surface area contributed by atoms with Crippen LogP contribution in [0, 0.1) is 6.92 Å². The van der Waals surface area contributed by atoms with Crippen molar-refractivity contribution < 1.29 is 9.59 Å². The van der Waals surface area contributed by atoms with Gasteiger partial charge in [-0.2, -0.15) is 9.78 Å². The van der Waals surface area contributed by atoms with Gasteiger partial charge in [-0.1, -0.05) is 6.92 Å². The first-order valence-electron chi connectivity index (χ1n) is 8.70. The number of aromatic amines is 1. The van der Waals surface area contributed by atoms with Crippen LogP contribution in [0.15, 0.2) is 10.9 Å². The first kappa shape index (κ1) is 17.8. The summed E-state index contributed by atoms with van der Waals surface area (Å²) in [4.78, 5) is 43.5. The average Bonchev–Trinajstić information content (AvgIpc) is 3.21. The van der Waals surface area contributed by atoms with Gasteiger partial charge in [0.15, 0.2) is 0 Å². The van der Waals surface area contributed by atoms with Crippen LogP contribution in [-0.2, 0) is 22.4 Å². The van der Waals surface area contributed by atoms with Crippen LogP contribution in [-0.4, -0.2) is 37.6 Å². The van der Waals surface area contributed by atoms with Crippen molar-refractivity contribution in [2.24, 2.45) is 0 Å². The molecule has 138 valence electrons. The van der Waals surface area contributed by atoms with Gasteiger partial charge in [0, 0.05) is 17.7 Å². The van der Waals surface area contributed by atoms with Crippen LogP contribution in [0.2, 0.25) is 0 Å². The fraction of sp³-hybridized carbons (Fsp3) is 0.471. The Hall–Kier alpha value is -2.97. The molecule has 2 amide bonds. The molecule has 0 unspecified atom stereocenters. The van der Waals surface area contributed by atoms with E-state index in [1.54, 1.807) is 13.0 Å². The second-order valence-electron chi connectivity index (χ2n) is 6.49. The maximum Gasteiger partial charge on any atom is 0.314 e. The zero-order chi connectivity index (χ0) is 18.8. The van der Waals surface area contributed by atoms with E-state index in [2.05, 4.69) is 25.7 Å². The van der Waals surface area contributed by atoms with Crippen LogP contribution in [0.5, 0.6) is 0 Å². The molecular weight excluding hydrogens is 336 g/mol. The van der Waals surface area contributed by atoms with Gasteiger partial charge in [-0.05, 0) is 39.5 Å². The number of fused-ring (bicyclic) bond motifs is 1. The summed E-state index contributed by atoms with van der Waals surface area (Å²) in [5, 5.41) is 9.41. The van der Waals surface area contributed by atoms with Crippen molar-refractivity contribution in [3.05, 3.63) is 33.4 Å². The number of hydrogen-bond acceptors (Lipinski definition) is 5. The number of anilines is 1. The second kappa shape index (κ2) is 7.11. The standard InChI is InChI=1S/C17H22N6O3/c1-4-9(2)18-15(25)16(26)20-13-8-10(3)22-23(13)17-19-12-7-5-6-11(12)14(24)21-17/h8-9H,4-7H2,1-3H3,(H,18,25)(H,20,26)(H,19,21,24)/t9-/m1/s1. The Kier molecular flexibility index (Phi) is 4.88. The van der Waals surface area contributed by atoms with E-state index in [-0.39, 0.29) is 23.4 Å². The average molecular weight is 358 g/mol. The van der Waals surface area contributed by atoms with Gasteiger partial charge < -0.3 is 10.6 Å². The lowest BCUT2D eigenvalue weighted by Crippen LogP contribution is -2.40. The number of nitrogens with zero attached hydrogens (tertiary/aromatic N) is 3. The van der Waals surface area contributed by atoms with Crippen LogP contribution in [0.4, 0.5) is 5.82 Å². The molecule has 2 aromatic heterocycles. The number of aromatic nitrogens is 4. The molecule has 0 radical (unpaired) electrons. The highest BCUT2D eigenvalue weighted by Gasteiger charge is 2.22. The zero-order valence-corrected chi connectivity index (χ0v) is 15.0. The van der Waals surface area contributed by atoms with Crippen molar-refractivity contribution >= 4 is 17.6 Å². The van der Waals surface area contributed by atoms with Crippen molar-refractivity contribution in [3.8, 4) is 5.95 Å². The van der Waals surface area contributed by atoms with E-state index in [9.17, 15) is 14.4 Å². The van der Waals surface area contributed by atoms with Gasteiger partial charge in [-0.25, -0.2) is 4.98 Å². The third kappa shape index (κ3) is 3.51. The monoisotopic (exact) mass is 358 g/mol. The molecule has 0 saturated heterocycles. The molecule has 2 heterocycles. The van der Waals surface area contributed by atoms with E-state index in [0.29, 0.717) is 11.3 Å². The molecule has 1 aliphatic rings. The third-order valence-electron chi connectivity index (χ3n) is 4.40. The fourth-order valence-corrected chi connectivity index (χ4v) is 2.84. The quantitative estimate of drug-likeness (QED) is 0.691. The summed E-state index contributed by atoms with van der Waals surface area (Å²) in [6, 6.07) is 1.51. The predicted octanol–water partition coefficient (Wildman–Crippen LogP) is 0.606. The Labute approximate surface area is 150 Å². The summed E-state index contributed by atoms with van der Waals surface area (Å²) >= 11 is 0. The lowest BCUT2D eigenvalue weighted by molar-refractivity contribution is -0.136. The lowest BCUT2D eigenvalue weighted by atomic mass is 10.2. The number of H-pyrrole nitrogens is 1. The van der Waals surface area contributed by atoms with E-state index in [0.717, 1.165) is 31.4 Å². The van der Waals surface area contributed by atoms with Crippen molar-refractivity contribution in [1.82, 2.24) is 25.1 Å². The molecule has 0 aliphatic heterocycles. The van der Waals surface area contributed by atoms with Crippen molar-refractivity contribution in [2.75, 3.05) is 5.32 Å². The predicted molar refractivity (Wildman–Crippen MR) is 95.3 cm³/mol. The van der Waals surface area contributed by atoms with Gasteiger partial charge in [0.05, 0.1) is 11.4 Å². The topological polar surface area (TPSA) is 122 Å². The Morgan fingerprint density at radius 1 is 1.35 bits per heavy atom. The van der Waals surface area contributed by atoms with Gasteiger partial charge in [0.25, 0.3) is 5.56 Å². The van der Waals surface area contributed by atoms with Gasteiger partial charge in [-0.15, -0.1) is 0 Å². The molecule has 0 aromatic carbocycles. The zero-order valence-electron chi connectivity index (χ0n) is 15.0. The number of carbonyl (C=O) groups excluding carboxylic acids is 2. The minimum atomic E-state index is -0.796. The first-order valence-corrected chi connectivity index (χ1v) is 8.70. The van der Waals surface area contributed by atoms with Gasteiger partial charge in [0.2, 0.25) is 5.95 Å². The molecule has 9 nitrogen and oxygen atoms in total. The van der Waals surface area contributed by atoms with E-state index in [1.165, 1.54) is 4.68 Å². The largest absolute Gasteiger partial charge is 0.345 e. The number of amides is 2. The summed E-state index contributed by atoms with van der Waals surface area (Å²) < 4.78 is 1.34. The van der Waals surface area contributed by atoms with Crippen molar-refractivity contribution in [1.29, 1.82) is 0 Å². The molecule has 0 spiro atoms. The number of nitrogens with one attached hydrogen (secondary N) is 3. The van der Waals surface area contributed by atoms with Crippen molar-refractivity contribution in [3.63, 3.8) is 0 Å². The summed E-state index contributed by atoms with van der Waals surface area (Å²) in [5.41, 5.74) is 1.88. The number of aryl methyl sites for hydroxylation is 2. The molecule has 1 aliphatic carbocycles. The maximum absolute atomic E-state index is 12.2. The molecule has 0 fully saturated rings. The Balaban J connectivity index is 1.88.